The minimum absolute atomic E-state index is 0.631. The fourth-order valence-electron chi connectivity index (χ4n) is 2.65. The molecule has 18 heavy (non-hydrogen) atoms. The normalized spacial score (nSPS) is 20.6. The summed E-state index contributed by atoms with van der Waals surface area (Å²) in [5.41, 5.74) is 0. The molecule has 3 heterocycles. The second kappa shape index (κ2) is 5.63. The third kappa shape index (κ3) is 2.79. The average Bonchev–Trinajstić information content (AvgIpc) is 3.10. The van der Waals surface area contributed by atoms with Crippen molar-refractivity contribution in [1.29, 1.82) is 0 Å². The Morgan fingerprint density at radius 2 is 2.44 bits per heavy atom. The molecule has 2 aromatic rings. The lowest BCUT2D eigenvalue weighted by Gasteiger charge is -2.23. The van der Waals surface area contributed by atoms with E-state index in [4.69, 9.17) is 0 Å². The largest absolute Gasteiger partial charge is 0.298 e. The highest BCUT2D eigenvalue weighted by atomic mass is 32.1. The lowest BCUT2D eigenvalue weighted by molar-refractivity contribution is 0.230. The number of aromatic nitrogens is 3. The minimum Gasteiger partial charge on any atom is -0.298 e. The molecule has 1 fully saturated rings. The van der Waals surface area contributed by atoms with Crippen LogP contribution < -0.4 is 0 Å². The molecule has 1 atom stereocenters. The number of rotatable bonds is 5. The van der Waals surface area contributed by atoms with E-state index in [0.717, 1.165) is 6.54 Å². The van der Waals surface area contributed by atoms with Gasteiger partial charge in [0.25, 0.3) is 0 Å². The van der Waals surface area contributed by atoms with Gasteiger partial charge < -0.3 is 0 Å². The molecule has 0 aliphatic carbocycles. The van der Waals surface area contributed by atoms with Crippen LogP contribution in [0.25, 0.3) is 0 Å². The van der Waals surface area contributed by atoms with Gasteiger partial charge in [-0.15, -0.1) is 11.3 Å². The molecule has 1 aliphatic heterocycles. The minimum atomic E-state index is 0.631. The van der Waals surface area contributed by atoms with Gasteiger partial charge in [0.2, 0.25) is 0 Å². The molecular formula is C13H18N4S. The first-order valence-corrected chi connectivity index (χ1v) is 7.38. The number of hydrogen-bond donors (Lipinski definition) is 0. The molecule has 0 radical (unpaired) electrons. The van der Waals surface area contributed by atoms with E-state index in [1.807, 2.05) is 22.3 Å². The summed E-state index contributed by atoms with van der Waals surface area (Å²) in [5.74, 6) is 0. The SMILES string of the molecule is c1csc(CCN2CCCC2Cn2cncn2)c1. The van der Waals surface area contributed by atoms with Gasteiger partial charge in [-0.2, -0.15) is 5.10 Å². The van der Waals surface area contributed by atoms with Crippen molar-refractivity contribution in [1.82, 2.24) is 19.7 Å². The van der Waals surface area contributed by atoms with Crippen molar-refractivity contribution in [2.24, 2.45) is 0 Å². The second-order valence-electron chi connectivity index (χ2n) is 4.78. The van der Waals surface area contributed by atoms with Gasteiger partial charge in [-0.3, -0.25) is 9.58 Å². The summed E-state index contributed by atoms with van der Waals surface area (Å²) < 4.78 is 1.95. The number of likely N-dealkylation sites (tertiary alicyclic amines) is 1. The van der Waals surface area contributed by atoms with Gasteiger partial charge >= 0.3 is 0 Å². The van der Waals surface area contributed by atoms with Crippen LogP contribution in [0.5, 0.6) is 0 Å². The Labute approximate surface area is 111 Å². The fourth-order valence-corrected chi connectivity index (χ4v) is 3.35. The van der Waals surface area contributed by atoms with Gasteiger partial charge in [0.15, 0.2) is 0 Å². The van der Waals surface area contributed by atoms with Gasteiger partial charge in [0.05, 0.1) is 6.54 Å². The summed E-state index contributed by atoms with van der Waals surface area (Å²) in [6, 6.07) is 5.00. The van der Waals surface area contributed by atoms with Crippen LogP contribution in [-0.4, -0.2) is 38.8 Å². The van der Waals surface area contributed by atoms with Gasteiger partial charge in [-0.05, 0) is 37.3 Å². The maximum absolute atomic E-state index is 4.21. The van der Waals surface area contributed by atoms with Crippen molar-refractivity contribution < 1.29 is 0 Å². The molecule has 5 heteroatoms. The molecule has 2 aromatic heterocycles. The zero-order valence-corrected chi connectivity index (χ0v) is 11.2. The Hall–Kier alpha value is -1.20. The van der Waals surface area contributed by atoms with E-state index < -0.39 is 0 Å². The summed E-state index contributed by atoms with van der Waals surface area (Å²) in [6.45, 7) is 3.37. The van der Waals surface area contributed by atoms with Gasteiger partial charge in [-0.25, -0.2) is 4.98 Å². The van der Waals surface area contributed by atoms with Crippen LogP contribution >= 0.6 is 11.3 Å². The molecule has 0 bridgehead atoms. The Morgan fingerprint density at radius 1 is 1.44 bits per heavy atom. The van der Waals surface area contributed by atoms with Crippen molar-refractivity contribution in [3.63, 3.8) is 0 Å². The molecule has 1 aliphatic rings. The Kier molecular flexibility index (Phi) is 3.71. The highest BCUT2D eigenvalue weighted by molar-refractivity contribution is 7.09. The lowest BCUT2D eigenvalue weighted by Crippen LogP contribution is -2.34. The van der Waals surface area contributed by atoms with E-state index in [9.17, 15) is 0 Å². The zero-order valence-electron chi connectivity index (χ0n) is 10.4. The van der Waals surface area contributed by atoms with E-state index in [2.05, 4.69) is 32.5 Å². The van der Waals surface area contributed by atoms with Crippen LogP contribution in [0.2, 0.25) is 0 Å². The Morgan fingerprint density at radius 3 is 3.22 bits per heavy atom. The van der Waals surface area contributed by atoms with E-state index in [1.165, 1.54) is 37.2 Å². The first-order valence-electron chi connectivity index (χ1n) is 6.50. The molecule has 3 rings (SSSR count). The summed E-state index contributed by atoms with van der Waals surface area (Å²) in [5, 5.41) is 6.36. The van der Waals surface area contributed by atoms with Crippen molar-refractivity contribution in [3.05, 3.63) is 35.0 Å². The molecule has 0 spiro atoms. The maximum atomic E-state index is 4.21. The van der Waals surface area contributed by atoms with Crippen molar-refractivity contribution in [3.8, 4) is 0 Å². The predicted molar refractivity (Wildman–Crippen MR) is 72.6 cm³/mol. The third-order valence-corrected chi connectivity index (χ3v) is 4.53. The highest BCUT2D eigenvalue weighted by Gasteiger charge is 2.24. The topological polar surface area (TPSA) is 34.0 Å². The van der Waals surface area contributed by atoms with Crippen LogP contribution in [-0.2, 0) is 13.0 Å². The molecule has 0 aromatic carbocycles. The highest BCUT2D eigenvalue weighted by Crippen LogP contribution is 2.20. The molecule has 0 N–H and O–H groups in total. The predicted octanol–water partition coefficient (Wildman–Crippen LogP) is 2.05. The first-order chi connectivity index (χ1) is 8.92. The van der Waals surface area contributed by atoms with Crippen molar-refractivity contribution in [2.45, 2.75) is 31.8 Å². The molecule has 1 saturated heterocycles. The number of nitrogens with zero attached hydrogens (tertiary/aromatic N) is 4. The first kappa shape index (κ1) is 11.9. The van der Waals surface area contributed by atoms with Crippen LogP contribution in [0.4, 0.5) is 0 Å². The van der Waals surface area contributed by atoms with Crippen LogP contribution in [0.3, 0.4) is 0 Å². The monoisotopic (exact) mass is 262 g/mol. The molecule has 96 valence electrons. The number of thiophene rings is 1. The average molecular weight is 262 g/mol. The van der Waals surface area contributed by atoms with E-state index in [1.54, 1.807) is 6.33 Å². The van der Waals surface area contributed by atoms with Crippen molar-refractivity contribution in [2.75, 3.05) is 13.1 Å². The maximum Gasteiger partial charge on any atom is 0.137 e. The smallest absolute Gasteiger partial charge is 0.137 e. The van der Waals surface area contributed by atoms with Gasteiger partial charge in [-0.1, -0.05) is 6.07 Å². The summed E-state index contributed by atoms with van der Waals surface area (Å²) in [7, 11) is 0. The molecule has 1 unspecified atom stereocenters. The Balaban J connectivity index is 1.54. The van der Waals surface area contributed by atoms with Crippen LogP contribution in [0.15, 0.2) is 30.2 Å². The molecular weight excluding hydrogens is 244 g/mol. The standard InChI is InChI=1S/C13H18N4S/c1-3-12(9-17-11-14-10-15-17)16(6-1)7-5-13-4-2-8-18-13/h2,4,8,10-12H,1,3,5-7,9H2. The zero-order chi connectivity index (χ0) is 12.2. The summed E-state index contributed by atoms with van der Waals surface area (Å²) >= 11 is 1.86. The van der Waals surface area contributed by atoms with Crippen molar-refractivity contribution >= 4 is 11.3 Å². The van der Waals surface area contributed by atoms with E-state index in [-0.39, 0.29) is 0 Å². The summed E-state index contributed by atoms with van der Waals surface area (Å²) in [4.78, 5) is 8.10. The van der Waals surface area contributed by atoms with Crippen LogP contribution in [0, 0.1) is 0 Å². The van der Waals surface area contributed by atoms with E-state index >= 15 is 0 Å². The quantitative estimate of drug-likeness (QED) is 0.827. The molecule has 4 nitrogen and oxygen atoms in total. The van der Waals surface area contributed by atoms with Gasteiger partial charge in [0, 0.05) is 17.5 Å². The third-order valence-electron chi connectivity index (χ3n) is 3.59. The molecule has 0 saturated carbocycles. The van der Waals surface area contributed by atoms with E-state index in [0.29, 0.717) is 6.04 Å². The fraction of sp³-hybridized carbons (Fsp3) is 0.538. The summed E-state index contributed by atoms with van der Waals surface area (Å²) in [6.07, 6.45) is 7.19. The lowest BCUT2D eigenvalue weighted by atomic mass is 10.2. The van der Waals surface area contributed by atoms with Crippen LogP contribution in [0.1, 0.15) is 17.7 Å². The Bertz CT molecular complexity index is 451. The number of hydrogen-bond acceptors (Lipinski definition) is 4. The second-order valence-corrected chi connectivity index (χ2v) is 5.81. The molecule has 0 amide bonds. The van der Waals surface area contributed by atoms with Gasteiger partial charge in [0.1, 0.15) is 12.7 Å².